The molecule has 3 aliphatic carbocycles. The van der Waals surface area contributed by atoms with Gasteiger partial charge in [0, 0.05) is 11.5 Å². The van der Waals surface area contributed by atoms with E-state index in [1.54, 1.807) is 5.57 Å². The van der Waals surface area contributed by atoms with Gasteiger partial charge in [-0.3, -0.25) is 0 Å². The monoisotopic (exact) mass is 588 g/mol. The van der Waals surface area contributed by atoms with E-state index in [0.717, 1.165) is 18.6 Å². The Balaban J connectivity index is 0.000000275. The van der Waals surface area contributed by atoms with Gasteiger partial charge >= 0.3 is 0 Å². The highest BCUT2D eigenvalue weighted by atomic mass is 16.5. The zero-order valence-electron chi connectivity index (χ0n) is 26.2. The van der Waals surface area contributed by atoms with Crippen LogP contribution in [-0.4, -0.2) is 6.61 Å². The first-order valence-corrected chi connectivity index (χ1v) is 16.2. The molecule has 0 bridgehead atoms. The molecule has 0 saturated heterocycles. The van der Waals surface area contributed by atoms with Crippen LogP contribution in [0, 0.1) is 5.92 Å². The molecule has 0 radical (unpaired) electrons. The van der Waals surface area contributed by atoms with Crippen LogP contribution in [0.2, 0.25) is 0 Å². The van der Waals surface area contributed by atoms with E-state index in [4.69, 9.17) is 9.47 Å². The SMILES string of the molecule is C1=Cc2ccccc2OC1.CC1=Cc2ccc3c(c2=CC1C)=CCC1=C3C=C[C@@H](c2ccccc2COCc2ccccc2)C1. The number of hydrogen-bond donors (Lipinski definition) is 0. The highest BCUT2D eigenvalue weighted by Crippen LogP contribution is 2.39. The summed E-state index contributed by atoms with van der Waals surface area (Å²) in [5, 5.41) is 2.85. The fraction of sp³-hybridized carbons (Fsp3) is 0.209. The van der Waals surface area contributed by atoms with Crippen LogP contribution in [0.3, 0.4) is 0 Å². The topological polar surface area (TPSA) is 18.5 Å². The molecule has 2 nitrogen and oxygen atoms in total. The van der Waals surface area contributed by atoms with Gasteiger partial charge in [-0.15, -0.1) is 0 Å². The second kappa shape index (κ2) is 13.1. The summed E-state index contributed by atoms with van der Waals surface area (Å²) in [6.07, 6.45) is 18.3. The van der Waals surface area contributed by atoms with Crippen molar-refractivity contribution in [2.75, 3.05) is 6.61 Å². The molecule has 2 atom stereocenters. The molecule has 1 aliphatic heterocycles. The van der Waals surface area contributed by atoms with Gasteiger partial charge in [0.1, 0.15) is 12.4 Å². The van der Waals surface area contributed by atoms with Gasteiger partial charge in [-0.2, -0.15) is 0 Å². The molecule has 2 heteroatoms. The van der Waals surface area contributed by atoms with Crippen molar-refractivity contribution >= 4 is 29.9 Å². The summed E-state index contributed by atoms with van der Waals surface area (Å²) >= 11 is 0. The summed E-state index contributed by atoms with van der Waals surface area (Å²) in [4.78, 5) is 0. The first kappa shape index (κ1) is 29.1. The van der Waals surface area contributed by atoms with Gasteiger partial charge in [0.25, 0.3) is 0 Å². The van der Waals surface area contributed by atoms with Gasteiger partial charge in [-0.25, -0.2) is 0 Å². The van der Waals surface area contributed by atoms with Crippen LogP contribution in [0.15, 0.2) is 120 Å². The number of benzene rings is 4. The van der Waals surface area contributed by atoms with Crippen LogP contribution < -0.4 is 15.2 Å². The Bertz CT molecular complexity index is 1950. The minimum absolute atomic E-state index is 0.398. The van der Waals surface area contributed by atoms with E-state index in [9.17, 15) is 0 Å². The van der Waals surface area contributed by atoms with Crippen LogP contribution in [-0.2, 0) is 18.0 Å². The van der Waals surface area contributed by atoms with Gasteiger partial charge in [-0.05, 0) is 81.7 Å². The summed E-state index contributed by atoms with van der Waals surface area (Å²) in [5.74, 6) is 1.89. The van der Waals surface area contributed by atoms with E-state index >= 15 is 0 Å². The lowest BCUT2D eigenvalue weighted by Crippen LogP contribution is -2.35. The van der Waals surface area contributed by atoms with Crippen molar-refractivity contribution in [3.8, 4) is 5.75 Å². The van der Waals surface area contributed by atoms with E-state index < -0.39 is 0 Å². The Hall–Kier alpha value is -4.66. The molecule has 8 rings (SSSR count). The van der Waals surface area contributed by atoms with Crippen molar-refractivity contribution in [2.24, 2.45) is 5.92 Å². The van der Waals surface area contributed by atoms with E-state index in [-0.39, 0.29) is 0 Å². The van der Waals surface area contributed by atoms with Gasteiger partial charge in [0.15, 0.2) is 0 Å². The van der Waals surface area contributed by atoms with E-state index in [2.05, 4.69) is 111 Å². The van der Waals surface area contributed by atoms with Gasteiger partial charge in [-0.1, -0.05) is 139 Å². The zero-order chi connectivity index (χ0) is 30.6. The summed E-state index contributed by atoms with van der Waals surface area (Å²) in [5.41, 5.74) is 12.3. The fourth-order valence-corrected chi connectivity index (χ4v) is 6.81. The zero-order valence-corrected chi connectivity index (χ0v) is 26.2. The first-order chi connectivity index (χ1) is 22.1. The largest absolute Gasteiger partial charge is 0.489 e. The molecule has 0 N–H and O–H groups in total. The van der Waals surface area contributed by atoms with Crippen molar-refractivity contribution in [1.29, 1.82) is 0 Å². The molecule has 0 amide bonds. The second-order valence-electron chi connectivity index (χ2n) is 12.4. The van der Waals surface area contributed by atoms with Crippen LogP contribution in [0.1, 0.15) is 66.0 Å². The van der Waals surface area contributed by atoms with Crippen molar-refractivity contribution in [3.05, 3.63) is 164 Å². The third-order valence-electron chi connectivity index (χ3n) is 9.40. The molecule has 1 heterocycles. The molecular weight excluding hydrogens is 548 g/mol. The Kier molecular flexibility index (Phi) is 8.49. The quantitative estimate of drug-likeness (QED) is 0.232. The van der Waals surface area contributed by atoms with E-state index in [1.807, 2.05) is 36.4 Å². The van der Waals surface area contributed by atoms with Crippen LogP contribution >= 0.6 is 0 Å². The maximum atomic E-state index is 6.11. The van der Waals surface area contributed by atoms with Crippen molar-refractivity contribution < 1.29 is 9.47 Å². The maximum absolute atomic E-state index is 6.11. The van der Waals surface area contributed by atoms with E-state index in [0.29, 0.717) is 31.7 Å². The van der Waals surface area contributed by atoms with Crippen LogP contribution in [0.5, 0.6) is 5.75 Å². The standard InChI is InChI=1S/C34H32O.C9H8O/c1-23-18-26-13-16-32-31-15-12-27(20-28(31)14-17-33(32)34(26)19-24(23)2)30-11-7-6-10-29(30)22-35-21-25-8-4-3-5-9-25;1-2-6-9-8(4-1)5-3-7-10-9/h3-13,15-19,24,27H,14,20-22H2,1-2H3;1-6H,7H2/t24?,27-;/m1./s1. The molecule has 4 aromatic rings. The third kappa shape index (κ3) is 6.30. The second-order valence-corrected chi connectivity index (χ2v) is 12.4. The molecular formula is C43H40O2. The lowest BCUT2D eigenvalue weighted by molar-refractivity contribution is 0.106. The fourth-order valence-electron chi connectivity index (χ4n) is 6.81. The summed E-state index contributed by atoms with van der Waals surface area (Å²) in [6.45, 7) is 6.53. The molecule has 4 aliphatic rings. The van der Waals surface area contributed by atoms with Gasteiger partial charge < -0.3 is 9.47 Å². The third-order valence-corrected chi connectivity index (χ3v) is 9.40. The Labute approximate surface area is 267 Å². The molecule has 0 aromatic heterocycles. The summed E-state index contributed by atoms with van der Waals surface area (Å²) < 4.78 is 11.4. The lowest BCUT2D eigenvalue weighted by atomic mass is 9.77. The van der Waals surface area contributed by atoms with E-state index in [1.165, 1.54) is 55.0 Å². The minimum atomic E-state index is 0.398. The summed E-state index contributed by atoms with van der Waals surface area (Å²) in [7, 11) is 0. The average Bonchev–Trinajstić information content (AvgIpc) is 3.09. The Morgan fingerprint density at radius 2 is 1.62 bits per heavy atom. The van der Waals surface area contributed by atoms with Crippen LogP contribution in [0.25, 0.3) is 29.9 Å². The number of fused-ring (bicyclic) bond motifs is 5. The van der Waals surface area contributed by atoms with Crippen molar-refractivity contribution in [2.45, 2.75) is 45.8 Å². The normalized spacial score (nSPS) is 18.8. The van der Waals surface area contributed by atoms with Gasteiger partial charge in [0.2, 0.25) is 0 Å². The number of para-hydroxylation sites is 1. The number of ether oxygens (including phenoxy) is 2. The molecule has 0 saturated carbocycles. The molecule has 1 unspecified atom stereocenters. The predicted molar refractivity (Wildman–Crippen MR) is 188 cm³/mol. The lowest BCUT2D eigenvalue weighted by Gasteiger charge is -2.27. The van der Waals surface area contributed by atoms with Crippen LogP contribution in [0.4, 0.5) is 0 Å². The average molecular weight is 589 g/mol. The summed E-state index contributed by atoms with van der Waals surface area (Å²) in [6, 6.07) is 31.9. The number of allylic oxidation sites excluding steroid dienone is 5. The molecule has 4 aromatic carbocycles. The smallest absolute Gasteiger partial charge is 0.126 e. The van der Waals surface area contributed by atoms with Crippen molar-refractivity contribution in [1.82, 2.24) is 0 Å². The Morgan fingerprint density at radius 1 is 0.800 bits per heavy atom. The highest BCUT2D eigenvalue weighted by Gasteiger charge is 2.23. The molecule has 0 spiro atoms. The van der Waals surface area contributed by atoms with Crippen molar-refractivity contribution in [3.63, 3.8) is 0 Å². The molecule has 45 heavy (non-hydrogen) atoms. The Morgan fingerprint density at radius 3 is 2.51 bits per heavy atom. The predicted octanol–water partition coefficient (Wildman–Crippen LogP) is 9.01. The maximum Gasteiger partial charge on any atom is 0.126 e. The first-order valence-electron chi connectivity index (χ1n) is 16.2. The molecule has 224 valence electrons. The minimum Gasteiger partial charge on any atom is -0.489 e. The van der Waals surface area contributed by atoms with Gasteiger partial charge in [0.05, 0.1) is 13.2 Å². The molecule has 0 fully saturated rings. The highest BCUT2D eigenvalue weighted by molar-refractivity contribution is 5.83. The number of rotatable bonds is 5. The number of hydrogen-bond acceptors (Lipinski definition) is 2.